The number of nitrogens with two attached hydrogens (primary N) is 1. The Morgan fingerprint density at radius 2 is 1.91 bits per heavy atom. The molecule has 2 unspecified atom stereocenters. The normalized spacial score (nSPS) is 18.8. The number of hydrogen-bond acceptors (Lipinski definition) is 7. The summed E-state index contributed by atoms with van der Waals surface area (Å²) in [4.78, 5) is 44.7. The molecule has 0 bridgehead atoms. The van der Waals surface area contributed by atoms with Crippen molar-refractivity contribution >= 4 is 28.9 Å². The number of amides is 2. The lowest BCUT2D eigenvalue weighted by atomic mass is 9.74. The summed E-state index contributed by atoms with van der Waals surface area (Å²) >= 11 is 0. The van der Waals surface area contributed by atoms with Crippen LogP contribution < -0.4 is 5.73 Å². The van der Waals surface area contributed by atoms with Gasteiger partial charge in [-0.3, -0.25) is 9.59 Å². The van der Waals surface area contributed by atoms with Gasteiger partial charge in [-0.1, -0.05) is 25.3 Å². The summed E-state index contributed by atoms with van der Waals surface area (Å²) in [7, 11) is 0. The Morgan fingerprint density at radius 3 is 2.63 bits per heavy atom. The molecule has 0 spiro atoms. The molecule has 2 atom stereocenters. The zero-order valence-electron chi connectivity index (χ0n) is 20.4. The molecule has 1 aliphatic carbocycles. The number of nitrogens with zero attached hydrogens (tertiary/aromatic N) is 2. The summed E-state index contributed by atoms with van der Waals surface area (Å²) in [6.45, 7) is 4.13. The van der Waals surface area contributed by atoms with Crippen molar-refractivity contribution in [1.82, 2.24) is 9.88 Å². The first-order valence-electron chi connectivity index (χ1n) is 12.6. The number of fused-ring (bicyclic) bond motifs is 1. The molecule has 1 saturated carbocycles. The SMILES string of the molecule is Cc1ccc2nc(C(=O)C(CCOC(N)=O)CC(C(=O)N3CCOCC3)C3CCCCC3)oc2c1. The van der Waals surface area contributed by atoms with E-state index in [1.54, 1.807) is 0 Å². The Labute approximate surface area is 205 Å². The molecule has 1 aliphatic heterocycles. The van der Waals surface area contributed by atoms with Crippen LogP contribution in [-0.4, -0.2) is 60.6 Å². The summed E-state index contributed by atoms with van der Waals surface area (Å²) in [6, 6.07) is 5.58. The van der Waals surface area contributed by atoms with E-state index in [4.69, 9.17) is 19.6 Å². The third-order valence-corrected chi connectivity index (χ3v) is 7.23. The Morgan fingerprint density at radius 1 is 1.17 bits per heavy atom. The third-order valence-electron chi connectivity index (χ3n) is 7.23. The number of morpholine rings is 1. The predicted octanol–water partition coefficient (Wildman–Crippen LogP) is 3.87. The zero-order valence-corrected chi connectivity index (χ0v) is 20.4. The minimum atomic E-state index is -0.887. The fraction of sp³-hybridized carbons (Fsp3) is 0.615. The number of primary amides is 1. The Bertz CT molecular complexity index is 1040. The minimum absolute atomic E-state index is 0.00575. The van der Waals surface area contributed by atoms with Gasteiger partial charge in [0.2, 0.25) is 11.7 Å². The second kappa shape index (κ2) is 11.7. The number of benzene rings is 1. The van der Waals surface area contributed by atoms with Crippen molar-refractivity contribution in [2.75, 3.05) is 32.9 Å². The Kier molecular flexibility index (Phi) is 8.38. The van der Waals surface area contributed by atoms with E-state index in [0.717, 1.165) is 31.2 Å². The van der Waals surface area contributed by atoms with Gasteiger partial charge in [0.1, 0.15) is 5.52 Å². The van der Waals surface area contributed by atoms with E-state index in [1.807, 2.05) is 30.0 Å². The number of Topliss-reactive ketones (excluding diaryl/α,β-unsaturated/α-hetero) is 1. The number of ketones is 1. The highest BCUT2D eigenvalue weighted by Crippen LogP contribution is 2.36. The third kappa shape index (κ3) is 6.39. The molecule has 190 valence electrons. The molecule has 4 rings (SSSR count). The van der Waals surface area contributed by atoms with Crippen LogP contribution in [-0.2, 0) is 14.3 Å². The summed E-state index contributed by atoms with van der Waals surface area (Å²) < 4.78 is 16.2. The van der Waals surface area contributed by atoms with Crippen molar-refractivity contribution in [1.29, 1.82) is 0 Å². The van der Waals surface area contributed by atoms with E-state index in [2.05, 4.69) is 4.98 Å². The van der Waals surface area contributed by atoms with Gasteiger partial charge >= 0.3 is 6.09 Å². The maximum atomic E-state index is 13.7. The summed E-state index contributed by atoms with van der Waals surface area (Å²) in [5, 5.41) is 0. The first-order valence-corrected chi connectivity index (χ1v) is 12.6. The van der Waals surface area contributed by atoms with Crippen LogP contribution in [0.5, 0.6) is 0 Å². The standard InChI is InChI=1S/C26H35N3O6/c1-17-7-8-21-22(15-17)35-24(28-21)23(30)19(9-12-34-26(27)32)16-20(18-5-3-2-4-6-18)25(31)29-10-13-33-14-11-29/h7-8,15,18-20H,2-6,9-14,16H2,1H3,(H2,27,32). The highest BCUT2D eigenvalue weighted by atomic mass is 16.5. The van der Waals surface area contributed by atoms with Gasteiger partial charge in [-0.05, 0) is 56.2 Å². The summed E-state index contributed by atoms with van der Waals surface area (Å²) in [5.74, 6) is -0.818. The van der Waals surface area contributed by atoms with Gasteiger partial charge < -0.3 is 24.5 Å². The smallest absolute Gasteiger partial charge is 0.404 e. The van der Waals surface area contributed by atoms with Crippen LogP contribution >= 0.6 is 0 Å². The zero-order chi connectivity index (χ0) is 24.8. The van der Waals surface area contributed by atoms with Crippen molar-refractivity contribution in [3.63, 3.8) is 0 Å². The summed E-state index contributed by atoms with van der Waals surface area (Å²) in [5.41, 5.74) is 7.31. The van der Waals surface area contributed by atoms with E-state index in [9.17, 15) is 14.4 Å². The average Bonchev–Trinajstić information content (AvgIpc) is 3.29. The van der Waals surface area contributed by atoms with Crippen LogP contribution in [0.15, 0.2) is 22.6 Å². The minimum Gasteiger partial charge on any atom is -0.450 e. The number of oxazole rings is 1. The number of aromatic nitrogens is 1. The molecule has 1 aromatic carbocycles. The topological polar surface area (TPSA) is 125 Å². The maximum Gasteiger partial charge on any atom is 0.404 e. The van der Waals surface area contributed by atoms with E-state index in [1.165, 1.54) is 6.42 Å². The molecule has 2 N–H and O–H groups in total. The lowest BCUT2D eigenvalue weighted by Crippen LogP contribution is -2.46. The van der Waals surface area contributed by atoms with Crippen molar-refractivity contribution in [2.24, 2.45) is 23.5 Å². The molecule has 2 aromatic rings. The fourth-order valence-corrected chi connectivity index (χ4v) is 5.33. The lowest BCUT2D eigenvalue weighted by molar-refractivity contribution is -0.142. The van der Waals surface area contributed by atoms with Gasteiger partial charge in [-0.25, -0.2) is 9.78 Å². The maximum absolute atomic E-state index is 13.7. The predicted molar refractivity (Wildman–Crippen MR) is 129 cm³/mol. The lowest BCUT2D eigenvalue weighted by Gasteiger charge is -2.36. The van der Waals surface area contributed by atoms with E-state index < -0.39 is 12.0 Å². The Hall–Kier alpha value is -2.94. The van der Waals surface area contributed by atoms with Crippen molar-refractivity contribution < 1.29 is 28.3 Å². The van der Waals surface area contributed by atoms with Crippen LogP contribution in [0.25, 0.3) is 11.1 Å². The van der Waals surface area contributed by atoms with Crippen molar-refractivity contribution in [3.8, 4) is 0 Å². The molecule has 1 saturated heterocycles. The molecule has 35 heavy (non-hydrogen) atoms. The van der Waals surface area contributed by atoms with Gasteiger partial charge in [-0.2, -0.15) is 0 Å². The number of carbonyl (C=O) groups excluding carboxylic acids is 3. The van der Waals surface area contributed by atoms with Crippen LogP contribution in [0, 0.1) is 24.7 Å². The summed E-state index contributed by atoms with van der Waals surface area (Å²) in [6.07, 6.45) is 5.02. The first kappa shape index (κ1) is 25.2. The highest BCUT2D eigenvalue weighted by Gasteiger charge is 2.37. The highest BCUT2D eigenvalue weighted by molar-refractivity contribution is 5.96. The fourth-order valence-electron chi connectivity index (χ4n) is 5.33. The number of carbonyl (C=O) groups is 3. The largest absolute Gasteiger partial charge is 0.450 e. The second-order valence-corrected chi connectivity index (χ2v) is 9.69. The van der Waals surface area contributed by atoms with Gasteiger partial charge in [0, 0.05) is 24.9 Å². The monoisotopic (exact) mass is 485 g/mol. The molecular formula is C26H35N3O6. The van der Waals surface area contributed by atoms with Crippen molar-refractivity contribution in [3.05, 3.63) is 29.7 Å². The van der Waals surface area contributed by atoms with Gasteiger partial charge in [0.15, 0.2) is 5.58 Å². The number of rotatable bonds is 9. The van der Waals surface area contributed by atoms with E-state index >= 15 is 0 Å². The number of hydrogen-bond donors (Lipinski definition) is 1. The molecule has 9 nitrogen and oxygen atoms in total. The van der Waals surface area contributed by atoms with Crippen molar-refractivity contribution in [2.45, 2.75) is 51.9 Å². The molecule has 2 fully saturated rings. The van der Waals surface area contributed by atoms with Gasteiger partial charge in [0.25, 0.3) is 5.89 Å². The Balaban J connectivity index is 1.59. The van der Waals surface area contributed by atoms with Crippen LogP contribution in [0.2, 0.25) is 0 Å². The van der Waals surface area contributed by atoms with Crippen LogP contribution in [0.1, 0.15) is 61.2 Å². The van der Waals surface area contributed by atoms with Crippen LogP contribution in [0.3, 0.4) is 0 Å². The molecule has 9 heteroatoms. The van der Waals surface area contributed by atoms with Crippen LogP contribution in [0.4, 0.5) is 4.79 Å². The number of aryl methyl sites for hydroxylation is 1. The molecule has 2 amide bonds. The molecule has 0 radical (unpaired) electrons. The molecular weight excluding hydrogens is 450 g/mol. The first-order chi connectivity index (χ1) is 16.9. The quantitative estimate of drug-likeness (QED) is 0.535. The molecule has 2 aliphatic rings. The van der Waals surface area contributed by atoms with E-state index in [-0.39, 0.29) is 42.4 Å². The number of ether oxygens (including phenoxy) is 2. The average molecular weight is 486 g/mol. The molecule has 2 heterocycles. The molecule has 1 aromatic heterocycles. The van der Waals surface area contributed by atoms with Gasteiger partial charge in [0.05, 0.1) is 19.8 Å². The van der Waals surface area contributed by atoms with Gasteiger partial charge in [-0.15, -0.1) is 0 Å². The van der Waals surface area contributed by atoms with E-state index in [0.29, 0.717) is 43.8 Å². The second-order valence-electron chi connectivity index (χ2n) is 9.69.